The molecule has 0 saturated carbocycles. The molecule has 2 amide bonds. The molecule has 0 radical (unpaired) electrons. The number of benzene rings is 2. The van der Waals surface area contributed by atoms with E-state index in [0.29, 0.717) is 29.9 Å². The Morgan fingerprint density at radius 2 is 1.66 bits per heavy atom. The number of carbonyl (C=O) groups is 2. The minimum absolute atomic E-state index is 0.128. The van der Waals surface area contributed by atoms with Gasteiger partial charge >= 0.3 is 0 Å². The van der Waals surface area contributed by atoms with Crippen molar-refractivity contribution in [2.45, 2.75) is 46.5 Å². The van der Waals surface area contributed by atoms with E-state index in [1.807, 2.05) is 39.0 Å². The summed E-state index contributed by atoms with van der Waals surface area (Å²) in [5.41, 5.74) is 3.39. The molecule has 8 heteroatoms. The van der Waals surface area contributed by atoms with Crippen LogP contribution in [0.4, 0.5) is 11.4 Å². The molecule has 2 N–H and O–H groups in total. The Bertz CT molecular complexity index is 1030. The van der Waals surface area contributed by atoms with Crippen molar-refractivity contribution in [1.82, 2.24) is 5.32 Å². The number of para-hydroxylation sites is 1. The molecule has 0 heterocycles. The minimum atomic E-state index is -3.49. The smallest absolute Gasteiger partial charge is 0.253 e. The van der Waals surface area contributed by atoms with E-state index < -0.39 is 10.0 Å². The van der Waals surface area contributed by atoms with Crippen molar-refractivity contribution in [3.63, 3.8) is 0 Å². The third-order valence-corrected chi connectivity index (χ3v) is 6.12. The van der Waals surface area contributed by atoms with Gasteiger partial charge in [0.15, 0.2) is 0 Å². The summed E-state index contributed by atoms with van der Waals surface area (Å²) in [5, 5.41) is 5.64. The van der Waals surface area contributed by atoms with E-state index in [1.54, 1.807) is 24.3 Å². The lowest BCUT2D eigenvalue weighted by atomic mass is 10.1. The first kappa shape index (κ1) is 25.4. The minimum Gasteiger partial charge on any atom is -0.352 e. The average Bonchev–Trinajstić information content (AvgIpc) is 2.70. The number of unbranched alkanes of at least 4 members (excludes halogenated alkanes) is 1. The molecule has 0 aromatic heterocycles. The van der Waals surface area contributed by atoms with Crippen LogP contribution in [0.15, 0.2) is 42.5 Å². The van der Waals surface area contributed by atoms with Crippen LogP contribution in [0.5, 0.6) is 0 Å². The Labute approximate surface area is 191 Å². The van der Waals surface area contributed by atoms with Crippen molar-refractivity contribution in [3.8, 4) is 0 Å². The van der Waals surface area contributed by atoms with Crippen LogP contribution in [0.3, 0.4) is 0 Å². The summed E-state index contributed by atoms with van der Waals surface area (Å²) in [7, 11) is -3.49. The van der Waals surface area contributed by atoms with Gasteiger partial charge in [-0.15, -0.1) is 0 Å². The molecule has 0 saturated heterocycles. The molecule has 0 bridgehead atoms. The van der Waals surface area contributed by atoms with Gasteiger partial charge in [0, 0.05) is 19.5 Å². The van der Waals surface area contributed by atoms with Crippen LogP contribution in [0.25, 0.3) is 0 Å². The SMILES string of the molecule is CCCCNC(=O)c1ccccc1NC(=O)CCCN(c1cc(C)cc(C)c1)S(C)(=O)=O. The van der Waals surface area contributed by atoms with E-state index in [4.69, 9.17) is 0 Å². The molecule has 0 aliphatic carbocycles. The largest absolute Gasteiger partial charge is 0.352 e. The van der Waals surface area contributed by atoms with E-state index in [1.165, 1.54) is 4.31 Å². The monoisotopic (exact) mass is 459 g/mol. The van der Waals surface area contributed by atoms with Crippen LogP contribution in [-0.4, -0.2) is 39.6 Å². The number of hydrogen-bond donors (Lipinski definition) is 2. The number of aryl methyl sites for hydroxylation is 2. The maximum atomic E-state index is 12.5. The van der Waals surface area contributed by atoms with Gasteiger partial charge in [-0.25, -0.2) is 8.42 Å². The van der Waals surface area contributed by atoms with E-state index in [0.717, 1.165) is 30.2 Å². The molecule has 2 rings (SSSR count). The highest BCUT2D eigenvalue weighted by Crippen LogP contribution is 2.22. The molecular weight excluding hydrogens is 426 g/mol. The van der Waals surface area contributed by atoms with Gasteiger partial charge in [-0.05, 0) is 62.1 Å². The zero-order valence-electron chi connectivity index (χ0n) is 19.3. The third kappa shape index (κ3) is 7.67. The zero-order chi connectivity index (χ0) is 23.7. The summed E-state index contributed by atoms with van der Waals surface area (Å²) in [6.07, 6.45) is 3.50. The van der Waals surface area contributed by atoms with Crippen LogP contribution in [0.2, 0.25) is 0 Å². The highest BCUT2D eigenvalue weighted by Gasteiger charge is 2.19. The highest BCUT2D eigenvalue weighted by molar-refractivity contribution is 7.92. The fourth-order valence-corrected chi connectivity index (χ4v) is 4.39. The van der Waals surface area contributed by atoms with Crippen LogP contribution in [-0.2, 0) is 14.8 Å². The van der Waals surface area contributed by atoms with E-state index in [9.17, 15) is 18.0 Å². The normalized spacial score (nSPS) is 11.1. The van der Waals surface area contributed by atoms with Gasteiger partial charge in [-0.2, -0.15) is 0 Å². The Morgan fingerprint density at radius 3 is 2.28 bits per heavy atom. The lowest BCUT2D eigenvalue weighted by Crippen LogP contribution is -2.31. The molecule has 7 nitrogen and oxygen atoms in total. The highest BCUT2D eigenvalue weighted by atomic mass is 32.2. The van der Waals surface area contributed by atoms with E-state index in [2.05, 4.69) is 10.6 Å². The number of amides is 2. The molecule has 0 fully saturated rings. The lowest BCUT2D eigenvalue weighted by Gasteiger charge is -2.23. The molecule has 0 aliphatic rings. The van der Waals surface area contributed by atoms with Gasteiger partial charge in [0.2, 0.25) is 15.9 Å². The first-order valence-corrected chi connectivity index (χ1v) is 12.7. The second-order valence-electron chi connectivity index (χ2n) is 7.99. The first-order valence-electron chi connectivity index (χ1n) is 10.8. The maximum Gasteiger partial charge on any atom is 0.253 e. The van der Waals surface area contributed by atoms with Gasteiger partial charge in [0.05, 0.1) is 23.2 Å². The van der Waals surface area contributed by atoms with Gasteiger partial charge < -0.3 is 10.6 Å². The molecule has 0 aliphatic heterocycles. The van der Waals surface area contributed by atoms with Crippen LogP contribution >= 0.6 is 0 Å². The molecule has 2 aromatic rings. The number of nitrogens with one attached hydrogen (secondary N) is 2. The topological polar surface area (TPSA) is 95.6 Å². The zero-order valence-corrected chi connectivity index (χ0v) is 20.1. The Balaban J connectivity index is 2.01. The van der Waals surface area contributed by atoms with Crippen molar-refractivity contribution in [1.29, 1.82) is 0 Å². The molecule has 0 spiro atoms. The molecule has 174 valence electrons. The van der Waals surface area contributed by atoms with Gasteiger partial charge in [0.1, 0.15) is 0 Å². The summed E-state index contributed by atoms with van der Waals surface area (Å²) in [6.45, 7) is 6.65. The molecule has 32 heavy (non-hydrogen) atoms. The number of anilines is 2. The van der Waals surface area contributed by atoms with Gasteiger partial charge in [-0.3, -0.25) is 13.9 Å². The second-order valence-corrected chi connectivity index (χ2v) is 9.89. The summed E-state index contributed by atoms with van der Waals surface area (Å²) >= 11 is 0. The number of rotatable bonds is 11. The van der Waals surface area contributed by atoms with Crippen molar-refractivity contribution in [2.24, 2.45) is 0 Å². The van der Waals surface area contributed by atoms with Crippen LogP contribution in [0.1, 0.15) is 54.1 Å². The van der Waals surface area contributed by atoms with Crippen molar-refractivity contribution in [3.05, 3.63) is 59.2 Å². The van der Waals surface area contributed by atoms with Gasteiger partial charge in [0.25, 0.3) is 5.91 Å². The Morgan fingerprint density at radius 1 is 1.00 bits per heavy atom. The fraction of sp³-hybridized carbons (Fsp3) is 0.417. The van der Waals surface area contributed by atoms with Crippen molar-refractivity contribution < 1.29 is 18.0 Å². The average molecular weight is 460 g/mol. The third-order valence-electron chi connectivity index (χ3n) is 4.92. The van der Waals surface area contributed by atoms with E-state index in [-0.39, 0.29) is 24.8 Å². The molecule has 0 unspecified atom stereocenters. The second kappa shape index (κ2) is 11.7. The Hall–Kier alpha value is -2.87. The summed E-state index contributed by atoms with van der Waals surface area (Å²) < 4.78 is 26.0. The van der Waals surface area contributed by atoms with Crippen molar-refractivity contribution in [2.75, 3.05) is 29.0 Å². The number of hydrogen-bond acceptors (Lipinski definition) is 4. The van der Waals surface area contributed by atoms with Crippen LogP contribution in [0, 0.1) is 13.8 Å². The first-order chi connectivity index (χ1) is 15.1. The maximum absolute atomic E-state index is 12.5. The molecule has 2 aromatic carbocycles. The number of carbonyl (C=O) groups excluding carboxylic acids is 2. The summed E-state index contributed by atoms with van der Waals surface area (Å²) in [4.78, 5) is 24.9. The number of nitrogens with zero attached hydrogens (tertiary/aromatic N) is 1. The van der Waals surface area contributed by atoms with Gasteiger partial charge in [-0.1, -0.05) is 31.5 Å². The number of sulfonamides is 1. The van der Waals surface area contributed by atoms with Crippen LogP contribution < -0.4 is 14.9 Å². The fourth-order valence-electron chi connectivity index (χ4n) is 3.44. The predicted molar refractivity (Wildman–Crippen MR) is 130 cm³/mol. The molecular formula is C24H33N3O4S. The molecule has 0 atom stereocenters. The Kier molecular flexibility index (Phi) is 9.26. The van der Waals surface area contributed by atoms with E-state index >= 15 is 0 Å². The standard InChI is InChI=1S/C24H33N3O4S/c1-5-6-13-25-24(29)21-10-7-8-11-22(21)26-23(28)12-9-14-27(32(4,30)31)20-16-18(2)15-19(3)17-20/h7-8,10-11,15-17H,5-6,9,12-14H2,1-4H3,(H,25,29)(H,26,28). The van der Waals surface area contributed by atoms with Crippen molar-refractivity contribution >= 4 is 33.2 Å². The lowest BCUT2D eigenvalue weighted by molar-refractivity contribution is -0.116. The summed E-state index contributed by atoms with van der Waals surface area (Å²) in [5.74, 6) is -0.500. The summed E-state index contributed by atoms with van der Waals surface area (Å²) in [6, 6.07) is 12.5. The predicted octanol–water partition coefficient (Wildman–Crippen LogP) is 4.02. The quantitative estimate of drug-likeness (QED) is 0.496.